The topological polar surface area (TPSA) is 67.4 Å². The molecule has 0 radical (unpaired) electrons. The molecule has 0 atom stereocenters. The fourth-order valence-corrected chi connectivity index (χ4v) is 2.17. The molecule has 0 bridgehead atoms. The Labute approximate surface area is 118 Å². The molecule has 2 rings (SSSR count). The second-order valence-electron chi connectivity index (χ2n) is 4.51. The van der Waals surface area contributed by atoms with Crippen LogP contribution in [0.3, 0.4) is 0 Å². The van der Waals surface area contributed by atoms with Gasteiger partial charge in [0, 0.05) is 19.2 Å². The Balaban J connectivity index is 1.99. The highest BCUT2D eigenvalue weighted by Crippen LogP contribution is 2.25. The van der Waals surface area contributed by atoms with Crippen LogP contribution in [-0.4, -0.2) is 32.1 Å². The number of nitrogens with one attached hydrogen (secondary N) is 2. The lowest BCUT2D eigenvalue weighted by atomic mass is 9.99. The zero-order valence-electron chi connectivity index (χ0n) is 11.4. The Morgan fingerprint density at radius 1 is 1.45 bits per heavy atom. The number of para-hydroxylation sites is 1. The first kappa shape index (κ1) is 14.1. The van der Waals surface area contributed by atoms with Crippen LogP contribution in [0.4, 0.5) is 5.69 Å². The summed E-state index contributed by atoms with van der Waals surface area (Å²) < 4.78 is 4.47. The Morgan fingerprint density at radius 2 is 2.30 bits per heavy atom. The van der Waals surface area contributed by atoms with Gasteiger partial charge in [0.2, 0.25) is 0 Å². The fourth-order valence-electron chi connectivity index (χ4n) is 2.17. The molecule has 0 aliphatic carbocycles. The SMILES string of the molecule is COC(=O)/C=C/CNC(=O)c1cccc2c1NCCC2. The lowest BCUT2D eigenvalue weighted by Crippen LogP contribution is -2.26. The highest BCUT2D eigenvalue weighted by molar-refractivity contribution is 6.00. The molecule has 1 aromatic carbocycles. The molecule has 0 saturated heterocycles. The summed E-state index contributed by atoms with van der Waals surface area (Å²) in [4.78, 5) is 23.0. The van der Waals surface area contributed by atoms with Crippen LogP contribution in [0.1, 0.15) is 22.3 Å². The summed E-state index contributed by atoms with van der Waals surface area (Å²) in [5.74, 6) is -0.580. The summed E-state index contributed by atoms with van der Waals surface area (Å²) in [7, 11) is 1.31. The monoisotopic (exact) mass is 274 g/mol. The molecule has 5 heteroatoms. The van der Waals surface area contributed by atoms with Gasteiger partial charge in [-0.3, -0.25) is 4.79 Å². The third-order valence-electron chi connectivity index (χ3n) is 3.16. The summed E-state index contributed by atoms with van der Waals surface area (Å²) in [6.45, 7) is 1.18. The summed E-state index contributed by atoms with van der Waals surface area (Å²) in [5, 5.41) is 6.03. The van der Waals surface area contributed by atoms with Gasteiger partial charge in [-0.25, -0.2) is 4.79 Å². The Kier molecular flexibility index (Phi) is 4.76. The van der Waals surface area contributed by atoms with Gasteiger partial charge in [0.25, 0.3) is 5.91 Å². The van der Waals surface area contributed by atoms with Crippen LogP contribution in [0.5, 0.6) is 0 Å². The zero-order valence-corrected chi connectivity index (χ0v) is 11.4. The van der Waals surface area contributed by atoms with Crippen LogP contribution in [-0.2, 0) is 16.0 Å². The molecular formula is C15H18N2O3. The van der Waals surface area contributed by atoms with Crippen molar-refractivity contribution in [1.29, 1.82) is 0 Å². The van der Waals surface area contributed by atoms with E-state index in [1.807, 2.05) is 12.1 Å². The van der Waals surface area contributed by atoms with Crippen LogP contribution < -0.4 is 10.6 Å². The van der Waals surface area contributed by atoms with E-state index in [0.29, 0.717) is 5.56 Å². The van der Waals surface area contributed by atoms with E-state index in [-0.39, 0.29) is 12.5 Å². The van der Waals surface area contributed by atoms with E-state index in [1.165, 1.54) is 18.7 Å². The number of carbonyl (C=O) groups is 2. The normalized spacial score (nSPS) is 13.4. The quantitative estimate of drug-likeness (QED) is 0.645. The molecule has 1 amide bonds. The lowest BCUT2D eigenvalue weighted by Gasteiger charge is -2.20. The minimum Gasteiger partial charge on any atom is -0.466 e. The molecule has 1 heterocycles. The fraction of sp³-hybridized carbons (Fsp3) is 0.333. The van der Waals surface area contributed by atoms with Crippen LogP contribution in [0.15, 0.2) is 30.4 Å². The standard InChI is InChI=1S/C15H18N2O3/c1-20-13(18)8-4-10-17-15(19)12-7-2-5-11-6-3-9-16-14(11)12/h2,4-5,7-8,16H,3,6,9-10H2,1H3,(H,17,19)/b8-4+. The first-order chi connectivity index (χ1) is 9.72. The Bertz CT molecular complexity index is 538. The van der Waals surface area contributed by atoms with Gasteiger partial charge in [-0.05, 0) is 24.5 Å². The van der Waals surface area contributed by atoms with E-state index in [4.69, 9.17) is 0 Å². The number of esters is 1. The molecule has 20 heavy (non-hydrogen) atoms. The molecule has 1 aliphatic rings. The summed E-state index contributed by atoms with van der Waals surface area (Å²) >= 11 is 0. The molecular weight excluding hydrogens is 256 g/mol. The molecule has 2 N–H and O–H groups in total. The van der Waals surface area contributed by atoms with E-state index in [9.17, 15) is 9.59 Å². The zero-order chi connectivity index (χ0) is 14.4. The lowest BCUT2D eigenvalue weighted by molar-refractivity contribution is -0.134. The molecule has 0 aromatic heterocycles. The highest BCUT2D eigenvalue weighted by atomic mass is 16.5. The van der Waals surface area contributed by atoms with Crippen molar-refractivity contribution in [2.24, 2.45) is 0 Å². The maximum absolute atomic E-state index is 12.1. The number of carbonyl (C=O) groups excluding carboxylic acids is 2. The van der Waals surface area contributed by atoms with Gasteiger partial charge < -0.3 is 15.4 Å². The van der Waals surface area contributed by atoms with Gasteiger partial charge >= 0.3 is 5.97 Å². The third kappa shape index (κ3) is 3.38. The smallest absolute Gasteiger partial charge is 0.330 e. The van der Waals surface area contributed by atoms with Crippen molar-refractivity contribution in [3.8, 4) is 0 Å². The third-order valence-corrected chi connectivity index (χ3v) is 3.16. The number of benzene rings is 1. The Hall–Kier alpha value is -2.30. The van der Waals surface area contributed by atoms with Crippen LogP contribution in [0, 0.1) is 0 Å². The van der Waals surface area contributed by atoms with E-state index in [1.54, 1.807) is 12.1 Å². The van der Waals surface area contributed by atoms with Gasteiger partial charge in [0.15, 0.2) is 0 Å². The molecule has 0 saturated carbocycles. The van der Waals surface area contributed by atoms with E-state index >= 15 is 0 Å². The van der Waals surface area contributed by atoms with Gasteiger partial charge in [-0.1, -0.05) is 18.2 Å². The highest BCUT2D eigenvalue weighted by Gasteiger charge is 2.16. The number of fused-ring (bicyclic) bond motifs is 1. The van der Waals surface area contributed by atoms with E-state index < -0.39 is 5.97 Å². The maximum atomic E-state index is 12.1. The van der Waals surface area contributed by atoms with Crippen LogP contribution in [0.2, 0.25) is 0 Å². The number of hydrogen-bond acceptors (Lipinski definition) is 4. The molecule has 106 valence electrons. The largest absolute Gasteiger partial charge is 0.466 e. The van der Waals surface area contributed by atoms with Gasteiger partial charge in [-0.15, -0.1) is 0 Å². The van der Waals surface area contributed by atoms with Crippen molar-refractivity contribution >= 4 is 17.6 Å². The minimum atomic E-state index is -0.432. The van der Waals surface area contributed by atoms with Crippen LogP contribution in [0.25, 0.3) is 0 Å². The van der Waals surface area contributed by atoms with Crippen molar-refractivity contribution in [3.63, 3.8) is 0 Å². The van der Waals surface area contributed by atoms with Crippen molar-refractivity contribution in [3.05, 3.63) is 41.5 Å². The first-order valence-electron chi connectivity index (χ1n) is 6.61. The van der Waals surface area contributed by atoms with Crippen molar-refractivity contribution in [2.45, 2.75) is 12.8 Å². The molecule has 5 nitrogen and oxygen atoms in total. The number of rotatable bonds is 4. The number of amides is 1. The predicted molar refractivity (Wildman–Crippen MR) is 76.7 cm³/mol. The molecule has 0 spiro atoms. The van der Waals surface area contributed by atoms with E-state index in [0.717, 1.165) is 25.1 Å². The second-order valence-corrected chi connectivity index (χ2v) is 4.51. The second kappa shape index (κ2) is 6.75. The first-order valence-corrected chi connectivity index (χ1v) is 6.61. The molecule has 0 fully saturated rings. The van der Waals surface area contributed by atoms with Gasteiger partial charge in [-0.2, -0.15) is 0 Å². The number of ether oxygens (including phenoxy) is 1. The summed E-state index contributed by atoms with van der Waals surface area (Å²) in [6, 6.07) is 5.73. The minimum absolute atomic E-state index is 0.147. The Morgan fingerprint density at radius 3 is 3.10 bits per heavy atom. The van der Waals surface area contributed by atoms with Crippen molar-refractivity contribution in [1.82, 2.24) is 5.32 Å². The molecule has 1 aliphatic heterocycles. The van der Waals surface area contributed by atoms with Gasteiger partial charge in [0.05, 0.1) is 18.4 Å². The van der Waals surface area contributed by atoms with Crippen molar-refractivity contribution < 1.29 is 14.3 Å². The predicted octanol–water partition coefficient (Wildman–Crippen LogP) is 1.50. The van der Waals surface area contributed by atoms with Gasteiger partial charge in [0.1, 0.15) is 0 Å². The van der Waals surface area contributed by atoms with Crippen LogP contribution >= 0.6 is 0 Å². The number of methoxy groups -OCH3 is 1. The van der Waals surface area contributed by atoms with E-state index in [2.05, 4.69) is 15.4 Å². The van der Waals surface area contributed by atoms with Crippen molar-refractivity contribution in [2.75, 3.05) is 25.5 Å². The number of aryl methyl sites for hydroxylation is 1. The average molecular weight is 274 g/mol. The average Bonchev–Trinajstić information content (AvgIpc) is 2.50. The molecule has 1 aromatic rings. The molecule has 0 unspecified atom stereocenters. The summed E-state index contributed by atoms with van der Waals surface area (Å²) in [6.07, 6.45) is 4.93. The number of anilines is 1. The maximum Gasteiger partial charge on any atom is 0.330 e. The summed E-state index contributed by atoms with van der Waals surface area (Å²) in [5.41, 5.74) is 2.75. The number of hydrogen-bond donors (Lipinski definition) is 2.